The minimum Gasteiger partial charge on any atom is -0.466 e. The van der Waals surface area contributed by atoms with Crippen molar-refractivity contribution < 1.29 is 28.6 Å². The third-order valence-corrected chi connectivity index (χ3v) is 4.67. The Labute approximate surface area is 174 Å². The summed E-state index contributed by atoms with van der Waals surface area (Å²) in [4.78, 5) is 25.8. The second-order valence-corrected chi connectivity index (χ2v) is 7.04. The first-order valence-electron chi connectivity index (χ1n) is 8.64. The lowest BCUT2D eigenvalue weighted by Gasteiger charge is -2.15. The summed E-state index contributed by atoms with van der Waals surface area (Å²) in [6.45, 7) is -0.178. The normalized spacial score (nSPS) is 13.7. The van der Waals surface area contributed by atoms with Crippen molar-refractivity contribution in [2.24, 2.45) is 0 Å². The zero-order valence-corrected chi connectivity index (χ0v) is 17.0. The number of hydrogen-bond donors (Lipinski definition) is 2. The van der Waals surface area contributed by atoms with E-state index in [0.717, 1.165) is 10.5 Å². The Morgan fingerprint density at radius 2 is 2.10 bits per heavy atom. The van der Waals surface area contributed by atoms with Crippen LogP contribution in [0, 0.1) is 5.82 Å². The van der Waals surface area contributed by atoms with Gasteiger partial charge in [0.05, 0.1) is 25.8 Å². The molecule has 1 aliphatic rings. The average Bonchev–Trinajstić information content (AvgIpc) is 3.00. The molecule has 0 fully saturated rings. The van der Waals surface area contributed by atoms with Crippen LogP contribution in [0.3, 0.4) is 0 Å². The number of carbonyl (C=O) groups is 2. The van der Waals surface area contributed by atoms with Crippen LogP contribution in [-0.2, 0) is 14.3 Å². The Morgan fingerprint density at radius 1 is 1.31 bits per heavy atom. The van der Waals surface area contributed by atoms with Crippen molar-refractivity contribution in [1.29, 1.82) is 0 Å². The monoisotopic (exact) mass is 464 g/mol. The third kappa shape index (κ3) is 4.75. The first-order valence-corrected chi connectivity index (χ1v) is 9.44. The second kappa shape index (κ2) is 9.06. The number of aliphatic hydroxyl groups is 1. The first-order chi connectivity index (χ1) is 13.9. The third-order valence-electron chi connectivity index (χ3n) is 4.18. The number of nitrogens with zero attached hydrogens (tertiary/aromatic N) is 1. The van der Waals surface area contributed by atoms with E-state index in [0.29, 0.717) is 5.75 Å². The number of esters is 1. The van der Waals surface area contributed by atoms with Crippen LogP contribution in [0.25, 0.3) is 0 Å². The van der Waals surface area contributed by atoms with Crippen molar-refractivity contribution >= 4 is 33.5 Å². The molecule has 0 saturated heterocycles. The van der Waals surface area contributed by atoms with E-state index in [1.807, 2.05) is 6.07 Å². The Bertz CT molecular complexity index is 979. The number of nitrogens with one attached hydrogen (secondary N) is 1. The van der Waals surface area contributed by atoms with Crippen LogP contribution in [0.2, 0.25) is 0 Å². The fraction of sp³-hybridized carbons (Fsp3) is 0.200. The van der Waals surface area contributed by atoms with Crippen LogP contribution in [0.15, 0.2) is 58.2 Å². The van der Waals surface area contributed by atoms with Crippen molar-refractivity contribution in [3.8, 4) is 11.5 Å². The molecule has 29 heavy (non-hydrogen) atoms. The molecule has 0 saturated carbocycles. The number of β-amino-alcohol motifs (C(OH)–C–C–N with tert-alkyl or cyclic N) is 1. The Balaban J connectivity index is 1.82. The summed E-state index contributed by atoms with van der Waals surface area (Å²) in [6.07, 6.45) is 0. The molecule has 1 amide bonds. The molecule has 9 heteroatoms. The van der Waals surface area contributed by atoms with Gasteiger partial charge < -0.3 is 24.8 Å². The molecule has 152 valence electrons. The van der Waals surface area contributed by atoms with E-state index in [4.69, 9.17) is 14.6 Å². The van der Waals surface area contributed by atoms with Gasteiger partial charge in [-0.25, -0.2) is 9.18 Å². The molecule has 3 rings (SSSR count). The Hall–Kier alpha value is -2.91. The van der Waals surface area contributed by atoms with Crippen molar-refractivity contribution in [2.75, 3.05) is 32.1 Å². The lowest BCUT2D eigenvalue weighted by atomic mass is 10.2. The smallest absolute Gasteiger partial charge is 0.337 e. The SMILES string of the molecule is COC(=O)C1=C(Nc2ccc(Oc3cccc(Br)c3)c(F)c2)C(=O)N(CCO)C1. The molecule has 2 aromatic rings. The molecular weight excluding hydrogens is 447 g/mol. The predicted molar refractivity (Wildman–Crippen MR) is 107 cm³/mol. The summed E-state index contributed by atoms with van der Waals surface area (Å²) in [5, 5.41) is 11.9. The van der Waals surface area contributed by atoms with Gasteiger partial charge in [-0.2, -0.15) is 0 Å². The van der Waals surface area contributed by atoms with Gasteiger partial charge in [0.25, 0.3) is 5.91 Å². The summed E-state index contributed by atoms with van der Waals surface area (Å²) < 4.78 is 25.6. The Kier molecular flexibility index (Phi) is 6.50. The molecule has 0 radical (unpaired) electrons. The molecule has 0 atom stereocenters. The number of aliphatic hydroxyl groups excluding tert-OH is 1. The van der Waals surface area contributed by atoms with Gasteiger partial charge in [0.1, 0.15) is 11.4 Å². The van der Waals surface area contributed by atoms with Gasteiger partial charge >= 0.3 is 5.97 Å². The van der Waals surface area contributed by atoms with E-state index in [1.54, 1.807) is 18.2 Å². The van der Waals surface area contributed by atoms with Crippen LogP contribution in [0.4, 0.5) is 10.1 Å². The molecule has 1 aliphatic heterocycles. The number of halogens is 2. The molecule has 7 nitrogen and oxygen atoms in total. The highest BCUT2D eigenvalue weighted by Gasteiger charge is 2.34. The fourth-order valence-corrected chi connectivity index (χ4v) is 3.19. The number of rotatable bonds is 7. The number of benzene rings is 2. The number of carbonyl (C=O) groups excluding carboxylic acids is 2. The van der Waals surface area contributed by atoms with E-state index in [2.05, 4.69) is 21.2 Å². The van der Waals surface area contributed by atoms with E-state index < -0.39 is 17.7 Å². The van der Waals surface area contributed by atoms with Gasteiger partial charge in [-0.05, 0) is 30.3 Å². The topological polar surface area (TPSA) is 88.1 Å². The maximum atomic E-state index is 14.5. The summed E-state index contributed by atoms with van der Waals surface area (Å²) >= 11 is 3.32. The molecule has 0 unspecified atom stereocenters. The Morgan fingerprint density at radius 3 is 2.76 bits per heavy atom. The minimum atomic E-state index is -0.670. The van der Waals surface area contributed by atoms with Gasteiger partial charge in [-0.15, -0.1) is 0 Å². The van der Waals surface area contributed by atoms with Crippen molar-refractivity contribution in [2.45, 2.75) is 0 Å². The summed E-state index contributed by atoms with van der Waals surface area (Å²) in [7, 11) is 1.21. The largest absolute Gasteiger partial charge is 0.466 e. The highest BCUT2D eigenvalue weighted by atomic mass is 79.9. The summed E-state index contributed by atoms with van der Waals surface area (Å²) in [6, 6.07) is 11.1. The maximum Gasteiger partial charge on any atom is 0.337 e. The minimum absolute atomic E-state index is 0.000954. The van der Waals surface area contributed by atoms with Crippen molar-refractivity contribution in [1.82, 2.24) is 4.90 Å². The summed E-state index contributed by atoms with van der Waals surface area (Å²) in [5.74, 6) is -1.32. The van der Waals surface area contributed by atoms with Gasteiger partial charge in [0.15, 0.2) is 11.6 Å². The molecule has 0 aromatic heterocycles. The molecule has 0 bridgehead atoms. The number of amides is 1. The van der Waals surface area contributed by atoms with Crippen LogP contribution >= 0.6 is 15.9 Å². The van der Waals surface area contributed by atoms with Crippen LogP contribution < -0.4 is 10.1 Å². The number of ether oxygens (including phenoxy) is 2. The van der Waals surface area contributed by atoms with Gasteiger partial charge in [0, 0.05) is 22.8 Å². The number of methoxy groups -OCH3 is 1. The van der Waals surface area contributed by atoms with Crippen LogP contribution in [0.1, 0.15) is 0 Å². The lowest BCUT2D eigenvalue weighted by molar-refractivity contribution is -0.136. The van der Waals surface area contributed by atoms with Gasteiger partial charge in [0.2, 0.25) is 0 Å². The van der Waals surface area contributed by atoms with Crippen molar-refractivity contribution in [3.05, 3.63) is 64.0 Å². The standard InChI is InChI=1S/C20H18BrFN2O5/c1-28-20(27)15-11-24(7-8-25)19(26)18(15)23-13-5-6-17(16(22)10-13)29-14-4-2-3-12(21)9-14/h2-6,9-10,23,25H,7-8,11H2,1H3. The van der Waals surface area contributed by atoms with Crippen LogP contribution in [0.5, 0.6) is 11.5 Å². The lowest BCUT2D eigenvalue weighted by Crippen LogP contribution is -2.31. The van der Waals surface area contributed by atoms with E-state index in [1.165, 1.54) is 24.1 Å². The first kappa shape index (κ1) is 20.8. The number of anilines is 1. The number of hydrogen-bond acceptors (Lipinski definition) is 6. The van der Waals surface area contributed by atoms with E-state index in [9.17, 15) is 14.0 Å². The maximum absolute atomic E-state index is 14.5. The molecule has 0 spiro atoms. The van der Waals surface area contributed by atoms with Gasteiger partial charge in [-0.3, -0.25) is 4.79 Å². The highest BCUT2D eigenvalue weighted by Crippen LogP contribution is 2.30. The van der Waals surface area contributed by atoms with Gasteiger partial charge in [-0.1, -0.05) is 22.0 Å². The average molecular weight is 465 g/mol. The van der Waals surface area contributed by atoms with Crippen LogP contribution in [-0.4, -0.2) is 48.7 Å². The molecule has 2 aromatic carbocycles. The molecule has 0 aliphatic carbocycles. The fourth-order valence-electron chi connectivity index (χ4n) is 2.81. The second-order valence-electron chi connectivity index (χ2n) is 6.13. The molecule has 2 N–H and O–H groups in total. The molecule has 1 heterocycles. The quantitative estimate of drug-likeness (QED) is 0.612. The highest BCUT2D eigenvalue weighted by molar-refractivity contribution is 9.10. The van der Waals surface area contributed by atoms with E-state index in [-0.39, 0.29) is 42.4 Å². The van der Waals surface area contributed by atoms with E-state index >= 15 is 0 Å². The zero-order valence-electron chi connectivity index (χ0n) is 15.4. The van der Waals surface area contributed by atoms with Crippen molar-refractivity contribution in [3.63, 3.8) is 0 Å². The zero-order chi connectivity index (χ0) is 21.0. The predicted octanol–water partition coefficient (Wildman–Crippen LogP) is 3.05. The molecular formula is C20H18BrFN2O5. The summed E-state index contributed by atoms with van der Waals surface area (Å²) in [5.41, 5.74) is 0.367.